The van der Waals surface area contributed by atoms with Crippen molar-refractivity contribution in [1.29, 1.82) is 0 Å². The molecule has 0 aromatic carbocycles. The third-order valence-corrected chi connectivity index (χ3v) is 5.26. The van der Waals surface area contributed by atoms with Crippen molar-refractivity contribution in [2.75, 3.05) is 11.5 Å². The van der Waals surface area contributed by atoms with Gasteiger partial charge in [0.25, 0.3) is 0 Å². The van der Waals surface area contributed by atoms with Crippen molar-refractivity contribution in [2.24, 2.45) is 5.92 Å². The summed E-state index contributed by atoms with van der Waals surface area (Å²) in [5.74, 6) is 0.743. The van der Waals surface area contributed by atoms with Gasteiger partial charge < -0.3 is 0 Å². The van der Waals surface area contributed by atoms with Crippen LogP contribution in [0.15, 0.2) is 6.20 Å². The van der Waals surface area contributed by atoms with Crippen LogP contribution in [0.25, 0.3) is 0 Å². The average Bonchev–Trinajstić information content (AvgIpc) is 2.73. The number of hydrogen-bond acceptors (Lipinski definition) is 5. The highest BCUT2D eigenvalue weighted by atomic mass is 32.2. The summed E-state index contributed by atoms with van der Waals surface area (Å²) in [5.41, 5.74) is 0. The predicted octanol–water partition coefficient (Wildman–Crippen LogP) is 0.933. The molecule has 0 aliphatic carbocycles. The Morgan fingerprint density at radius 2 is 2.40 bits per heavy atom. The fraction of sp³-hybridized carbons (Fsp3) is 0.556. The first-order valence-corrected chi connectivity index (χ1v) is 7.33. The first-order chi connectivity index (χ1) is 7.09. The van der Waals surface area contributed by atoms with E-state index in [1.165, 1.54) is 17.5 Å². The molecule has 15 heavy (non-hydrogen) atoms. The molecule has 1 aromatic rings. The molecule has 1 atom stereocenters. The van der Waals surface area contributed by atoms with Gasteiger partial charge in [-0.15, -0.1) is 11.3 Å². The number of aromatic nitrogens is 1. The van der Waals surface area contributed by atoms with E-state index < -0.39 is 9.84 Å². The number of aldehydes is 1. The van der Waals surface area contributed by atoms with Gasteiger partial charge in [-0.25, -0.2) is 13.4 Å². The third kappa shape index (κ3) is 2.63. The van der Waals surface area contributed by atoms with E-state index in [2.05, 4.69) is 4.98 Å². The monoisotopic (exact) mass is 245 g/mol. The van der Waals surface area contributed by atoms with Crippen molar-refractivity contribution in [1.82, 2.24) is 4.98 Å². The van der Waals surface area contributed by atoms with E-state index in [-0.39, 0.29) is 11.7 Å². The molecular formula is C9H11NO3S2. The van der Waals surface area contributed by atoms with E-state index >= 15 is 0 Å². The lowest BCUT2D eigenvalue weighted by atomic mass is 10.1. The third-order valence-electron chi connectivity index (χ3n) is 2.48. The lowest BCUT2D eigenvalue weighted by molar-refractivity contribution is 0.112. The second-order valence-corrected chi connectivity index (χ2v) is 7.12. The molecule has 0 spiro atoms. The van der Waals surface area contributed by atoms with Gasteiger partial charge in [-0.05, 0) is 12.3 Å². The number of rotatable bonds is 3. The van der Waals surface area contributed by atoms with E-state index in [1.807, 2.05) is 0 Å². The fourth-order valence-electron chi connectivity index (χ4n) is 1.75. The molecule has 2 heterocycles. The highest BCUT2D eigenvalue weighted by Gasteiger charge is 2.28. The first kappa shape index (κ1) is 10.8. The molecule has 1 aliphatic heterocycles. The lowest BCUT2D eigenvalue weighted by Crippen LogP contribution is -2.07. The Hall–Kier alpha value is -0.750. The zero-order chi connectivity index (χ0) is 10.9. The van der Waals surface area contributed by atoms with Crippen LogP contribution >= 0.6 is 11.3 Å². The van der Waals surface area contributed by atoms with Crippen LogP contribution in [-0.4, -0.2) is 31.2 Å². The smallest absolute Gasteiger partial charge is 0.161 e. The maximum atomic E-state index is 11.2. The molecule has 0 N–H and O–H groups in total. The molecule has 82 valence electrons. The molecule has 1 aliphatic rings. The molecule has 1 fully saturated rings. The second-order valence-electron chi connectivity index (χ2n) is 3.75. The molecule has 1 unspecified atom stereocenters. The Morgan fingerprint density at radius 1 is 1.60 bits per heavy atom. The van der Waals surface area contributed by atoms with Crippen LogP contribution in [0.2, 0.25) is 0 Å². The molecule has 4 nitrogen and oxygen atoms in total. The van der Waals surface area contributed by atoms with Crippen LogP contribution in [0.1, 0.15) is 21.1 Å². The minimum atomic E-state index is -2.81. The molecule has 0 saturated carbocycles. The zero-order valence-corrected chi connectivity index (χ0v) is 9.68. The fourth-order valence-corrected chi connectivity index (χ4v) is 4.47. The first-order valence-electron chi connectivity index (χ1n) is 4.69. The Kier molecular flexibility index (Phi) is 2.88. The quantitative estimate of drug-likeness (QED) is 0.743. The van der Waals surface area contributed by atoms with Gasteiger partial charge in [0.1, 0.15) is 0 Å². The molecule has 6 heteroatoms. The van der Waals surface area contributed by atoms with E-state index in [9.17, 15) is 13.2 Å². The summed E-state index contributed by atoms with van der Waals surface area (Å²) in [7, 11) is -2.81. The summed E-state index contributed by atoms with van der Waals surface area (Å²) < 4.78 is 22.4. The lowest BCUT2D eigenvalue weighted by Gasteiger charge is -2.02. The van der Waals surface area contributed by atoms with Gasteiger partial charge in [-0.1, -0.05) is 0 Å². The van der Waals surface area contributed by atoms with Gasteiger partial charge in [0.15, 0.2) is 16.1 Å². The summed E-state index contributed by atoms with van der Waals surface area (Å²) in [5, 5.41) is 0.860. The second kappa shape index (κ2) is 4.02. The van der Waals surface area contributed by atoms with Gasteiger partial charge in [0.2, 0.25) is 0 Å². The van der Waals surface area contributed by atoms with Gasteiger partial charge in [-0.2, -0.15) is 0 Å². The number of hydrogen-bond donors (Lipinski definition) is 0. The zero-order valence-electron chi connectivity index (χ0n) is 8.05. The molecule has 1 aromatic heterocycles. The molecule has 0 radical (unpaired) electrons. The highest BCUT2D eigenvalue weighted by molar-refractivity contribution is 7.91. The van der Waals surface area contributed by atoms with Crippen LogP contribution in [0.5, 0.6) is 0 Å². The van der Waals surface area contributed by atoms with Crippen LogP contribution in [-0.2, 0) is 16.3 Å². The average molecular weight is 245 g/mol. The molecule has 0 amide bonds. The number of sulfone groups is 1. The van der Waals surface area contributed by atoms with Crippen molar-refractivity contribution in [3.63, 3.8) is 0 Å². The van der Waals surface area contributed by atoms with Crippen LogP contribution in [0, 0.1) is 5.92 Å². The maximum absolute atomic E-state index is 11.2. The topological polar surface area (TPSA) is 64.1 Å². The van der Waals surface area contributed by atoms with Gasteiger partial charge in [0, 0.05) is 12.6 Å². The summed E-state index contributed by atoms with van der Waals surface area (Å²) >= 11 is 1.35. The van der Waals surface area contributed by atoms with Crippen molar-refractivity contribution >= 4 is 27.5 Å². The molecule has 2 rings (SSSR count). The predicted molar refractivity (Wildman–Crippen MR) is 58.0 cm³/mol. The van der Waals surface area contributed by atoms with E-state index in [0.717, 1.165) is 17.7 Å². The summed E-state index contributed by atoms with van der Waals surface area (Å²) in [6.07, 6.45) is 3.71. The van der Waals surface area contributed by atoms with Crippen LogP contribution in [0.3, 0.4) is 0 Å². The van der Waals surface area contributed by atoms with Gasteiger partial charge in [-0.3, -0.25) is 4.79 Å². The molecular weight excluding hydrogens is 234 g/mol. The van der Waals surface area contributed by atoms with E-state index in [4.69, 9.17) is 0 Å². The Bertz CT molecular complexity index is 463. The Balaban J connectivity index is 2.01. The number of nitrogens with zero attached hydrogens (tertiary/aromatic N) is 1. The number of thiazole rings is 1. The van der Waals surface area contributed by atoms with E-state index in [0.29, 0.717) is 17.1 Å². The van der Waals surface area contributed by atoms with Gasteiger partial charge >= 0.3 is 0 Å². The highest BCUT2D eigenvalue weighted by Crippen LogP contribution is 2.24. The Labute approximate surface area is 92.3 Å². The minimum Gasteiger partial charge on any atom is -0.297 e. The van der Waals surface area contributed by atoms with Crippen molar-refractivity contribution in [3.8, 4) is 0 Å². The standard InChI is InChI=1S/C9H11NO3S2/c11-5-8-4-10-9(14-8)3-7-1-2-15(12,13)6-7/h4-5,7H,1-3,6H2. The van der Waals surface area contributed by atoms with Crippen molar-refractivity contribution in [3.05, 3.63) is 16.1 Å². The normalized spacial score (nSPS) is 24.1. The summed E-state index contributed by atoms with van der Waals surface area (Å²) in [6.45, 7) is 0. The molecule has 0 bridgehead atoms. The van der Waals surface area contributed by atoms with E-state index in [1.54, 1.807) is 0 Å². The van der Waals surface area contributed by atoms with Crippen LogP contribution < -0.4 is 0 Å². The van der Waals surface area contributed by atoms with Crippen LogP contribution in [0.4, 0.5) is 0 Å². The molecule has 1 saturated heterocycles. The largest absolute Gasteiger partial charge is 0.297 e. The summed E-state index contributed by atoms with van der Waals surface area (Å²) in [6, 6.07) is 0. The maximum Gasteiger partial charge on any atom is 0.161 e. The SMILES string of the molecule is O=Cc1cnc(CC2CCS(=O)(=O)C2)s1. The number of carbonyl (C=O) groups excluding carboxylic acids is 1. The van der Waals surface area contributed by atoms with Gasteiger partial charge in [0.05, 0.1) is 21.4 Å². The summed E-state index contributed by atoms with van der Waals surface area (Å²) in [4.78, 5) is 15.1. The van der Waals surface area contributed by atoms with Crippen molar-refractivity contribution in [2.45, 2.75) is 12.8 Å². The number of carbonyl (C=O) groups is 1. The van der Waals surface area contributed by atoms with Crippen molar-refractivity contribution < 1.29 is 13.2 Å². The Morgan fingerprint density at radius 3 is 2.93 bits per heavy atom. The minimum absolute atomic E-state index is 0.181.